The number of hydrogen-bond donors (Lipinski definition) is 2. The fraction of sp³-hybridized carbons (Fsp3) is 0.182. The van der Waals surface area contributed by atoms with Crippen LogP contribution in [0.25, 0.3) is 0 Å². The first-order chi connectivity index (χ1) is 6.79. The minimum atomic E-state index is -0.967. The van der Waals surface area contributed by atoms with Crippen LogP contribution in [0.4, 0.5) is 4.79 Å². The standard InChI is InChI=1S/C9H11NO2.C2H2.H2/c11-9(12)10-7-6-8-4-2-1-3-5-8;1-2;/h1-5,10H,6-7H2,(H,11,12);1-2H;1H. The van der Waals surface area contributed by atoms with Crippen molar-refractivity contribution in [2.24, 2.45) is 0 Å². The normalized spacial score (nSPS) is 8.14. The predicted octanol–water partition coefficient (Wildman–Crippen LogP) is 1.99. The molecule has 0 fully saturated rings. The van der Waals surface area contributed by atoms with Crippen molar-refractivity contribution in [1.29, 1.82) is 0 Å². The number of rotatable bonds is 3. The molecule has 0 radical (unpaired) electrons. The Morgan fingerprint density at radius 1 is 1.36 bits per heavy atom. The van der Waals surface area contributed by atoms with Crippen LogP contribution in [-0.2, 0) is 6.42 Å². The summed E-state index contributed by atoms with van der Waals surface area (Å²) in [7, 11) is 0. The van der Waals surface area contributed by atoms with Gasteiger partial charge in [0.25, 0.3) is 0 Å². The zero-order valence-corrected chi connectivity index (χ0v) is 7.81. The lowest BCUT2D eigenvalue weighted by Gasteiger charge is -2.00. The molecule has 1 amide bonds. The molecule has 3 nitrogen and oxygen atoms in total. The molecular formula is C11H15NO2. The second kappa shape index (κ2) is 7.69. The molecule has 0 bridgehead atoms. The fourth-order valence-electron chi connectivity index (χ4n) is 0.958. The van der Waals surface area contributed by atoms with Gasteiger partial charge in [-0.2, -0.15) is 0 Å². The third-order valence-electron chi connectivity index (χ3n) is 1.53. The first kappa shape index (κ1) is 12.0. The minimum absolute atomic E-state index is 0. The topological polar surface area (TPSA) is 49.3 Å². The van der Waals surface area contributed by atoms with Crippen LogP contribution in [0.3, 0.4) is 0 Å². The first-order valence-corrected chi connectivity index (χ1v) is 4.13. The Labute approximate surface area is 85.3 Å². The molecule has 0 aliphatic rings. The summed E-state index contributed by atoms with van der Waals surface area (Å²) < 4.78 is 0. The SMILES string of the molecule is C#C.O=C(O)NCCc1ccccc1.[HH]. The number of nitrogens with one attached hydrogen (secondary N) is 1. The van der Waals surface area contributed by atoms with Crippen molar-refractivity contribution >= 4 is 6.09 Å². The van der Waals surface area contributed by atoms with Crippen LogP contribution in [0.1, 0.15) is 6.99 Å². The van der Waals surface area contributed by atoms with Gasteiger partial charge < -0.3 is 10.4 Å². The van der Waals surface area contributed by atoms with E-state index in [1.807, 2.05) is 30.3 Å². The maximum atomic E-state index is 10.1. The lowest BCUT2D eigenvalue weighted by atomic mass is 10.1. The average Bonchev–Trinajstić information content (AvgIpc) is 2.22. The minimum Gasteiger partial charge on any atom is -0.465 e. The van der Waals surface area contributed by atoms with E-state index in [1.54, 1.807) is 0 Å². The van der Waals surface area contributed by atoms with Crippen LogP contribution >= 0.6 is 0 Å². The van der Waals surface area contributed by atoms with Gasteiger partial charge in [0.1, 0.15) is 0 Å². The van der Waals surface area contributed by atoms with Crippen molar-refractivity contribution in [2.75, 3.05) is 6.54 Å². The van der Waals surface area contributed by atoms with E-state index in [4.69, 9.17) is 5.11 Å². The van der Waals surface area contributed by atoms with Gasteiger partial charge in [-0.1, -0.05) is 30.3 Å². The summed E-state index contributed by atoms with van der Waals surface area (Å²) in [5, 5.41) is 10.6. The fourth-order valence-corrected chi connectivity index (χ4v) is 0.958. The van der Waals surface area contributed by atoms with Crippen molar-refractivity contribution in [2.45, 2.75) is 6.42 Å². The predicted molar refractivity (Wildman–Crippen MR) is 58.2 cm³/mol. The van der Waals surface area contributed by atoms with E-state index in [2.05, 4.69) is 18.2 Å². The summed E-state index contributed by atoms with van der Waals surface area (Å²) in [6.45, 7) is 0.472. The van der Waals surface area contributed by atoms with Crippen LogP contribution < -0.4 is 5.32 Å². The van der Waals surface area contributed by atoms with Crippen molar-refractivity contribution in [3.8, 4) is 12.8 Å². The summed E-state index contributed by atoms with van der Waals surface area (Å²) in [5.74, 6) is 0. The lowest BCUT2D eigenvalue weighted by molar-refractivity contribution is 0.194. The smallest absolute Gasteiger partial charge is 0.404 e. The quantitative estimate of drug-likeness (QED) is 0.721. The third-order valence-corrected chi connectivity index (χ3v) is 1.53. The molecule has 1 aromatic carbocycles. The van der Waals surface area contributed by atoms with Gasteiger partial charge in [-0.05, 0) is 12.0 Å². The third kappa shape index (κ3) is 5.67. The van der Waals surface area contributed by atoms with E-state index in [0.717, 1.165) is 12.0 Å². The van der Waals surface area contributed by atoms with Gasteiger partial charge in [0, 0.05) is 7.97 Å². The highest BCUT2D eigenvalue weighted by molar-refractivity contribution is 5.64. The summed E-state index contributed by atoms with van der Waals surface area (Å²) >= 11 is 0. The Morgan fingerprint density at radius 3 is 2.43 bits per heavy atom. The summed E-state index contributed by atoms with van der Waals surface area (Å²) in [6.07, 6.45) is 7.78. The largest absolute Gasteiger partial charge is 0.465 e. The Kier molecular flexibility index (Phi) is 6.62. The Bertz CT molecular complexity index is 285. The second-order valence-electron chi connectivity index (χ2n) is 2.47. The van der Waals surface area contributed by atoms with Gasteiger partial charge in [-0.25, -0.2) is 4.79 Å². The van der Waals surface area contributed by atoms with Gasteiger partial charge >= 0.3 is 6.09 Å². The number of hydrogen-bond acceptors (Lipinski definition) is 1. The second-order valence-corrected chi connectivity index (χ2v) is 2.47. The highest BCUT2D eigenvalue weighted by Crippen LogP contribution is 1.97. The van der Waals surface area contributed by atoms with Gasteiger partial charge in [-0.3, -0.25) is 0 Å². The molecule has 1 rings (SSSR count). The van der Waals surface area contributed by atoms with Gasteiger partial charge in [0.2, 0.25) is 0 Å². The highest BCUT2D eigenvalue weighted by Gasteiger charge is 1.93. The van der Waals surface area contributed by atoms with Gasteiger partial charge in [-0.15, -0.1) is 12.8 Å². The molecule has 0 aliphatic carbocycles. The Morgan fingerprint density at radius 2 is 1.93 bits per heavy atom. The van der Waals surface area contributed by atoms with E-state index >= 15 is 0 Å². The highest BCUT2D eigenvalue weighted by atomic mass is 16.4. The number of carboxylic acid groups (broad SMARTS) is 1. The number of terminal acetylenes is 1. The van der Waals surface area contributed by atoms with E-state index in [1.165, 1.54) is 0 Å². The molecule has 76 valence electrons. The summed E-state index contributed by atoms with van der Waals surface area (Å²) in [6, 6.07) is 9.77. The van der Waals surface area contributed by atoms with Crippen LogP contribution in [0.5, 0.6) is 0 Å². The molecular weight excluding hydrogens is 178 g/mol. The Balaban J connectivity index is 0. The first-order valence-electron chi connectivity index (χ1n) is 4.13. The molecule has 0 aromatic heterocycles. The van der Waals surface area contributed by atoms with Crippen LogP contribution in [0.2, 0.25) is 0 Å². The molecule has 0 saturated carbocycles. The maximum Gasteiger partial charge on any atom is 0.404 e. The van der Waals surface area contributed by atoms with Crippen LogP contribution in [0.15, 0.2) is 30.3 Å². The molecule has 0 aliphatic heterocycles. The molecule has 0 atom stereocenters. The molecule has 0 heterocycles. The van der Waals surface area contributed by atoms with Gasteiger partial charge in [0.15, 0.2) is 0 Å². The Hall–Kier alpha value is -1.95. The number of amides is 1. The lowest BCUT2D eigenvalue weighted by Crippen LogP contribution is -2.23. The zero-order chi connectivity index (χ0) is 10.8. The number of benzene rings is 1. The van der Waals surface area contributed by atoms with Crippen molar-refractivity contribution in [3.05, 3.63) is 35.9 Å². The molecule has 3 heteroatoms. The average molecular weight is 193 g/mol. The van der Waals surface area contributed by atoms with E-state index < -0.39 is 6.09 Å². The molecule has 0 unspecified atom stereocenters. The van der Waals surface area contributed by atoms with Crippen molar-refractivity contribution in [1.82, 2.24) is 5.32 Å². The van der Waals surface area contributed by atoms with E-state index in [0.29, 0.717) is 6.54 Å². The zero-order valence-electron chi connectivity index (χ0n) is 7.81. The van der Waals surface area contributed by atoms with Crippen molar-refractivity contribution in [3.63, 3.8) is 0 Å². The summed E-state index contributed by atoms with van der Waals surface area (Å²) in [5.41, 5.74) is 1.14. The summed E-state index contributed by atoms with van der Waals surface area (Å²) in [4.78, 5) is 10.1. The molecule has 14 heavy (non-hydrogen) atoms. The molecule has 0 saturated heterocycles. The molecule has 2 N–H and O–H groups in total. The monoisotopic (exact) mass is 193 g/mol. The van der Waals surface area contributed by atoms with E-state index in [-0.39, 0.29) is 1.43 Å². The van der Waals surface area contributed by atoms with Crippen LogP contribution in [-0.4, -0.2) is 17.7 Å². The molecule has 1 aromatic rings. The van der Waals surface area contributed by atoms with Crippen molar-refractivity contribution < 1.29 is 11.3 Å². The number of carbonyl (C=O) groups is 1. The van der Waals surface area contributed by atoms with E-state index in [9.17, 15) is 4.79 Å². The maximum absolute atomic E-state index is 10.1. The van der Waals surface area contributed by atoms with Crippen LogP contribution in [0, 0.1) is 12.8 Å². The van der Waals surface area contributed by atoms with Gasteiger partial charge in [0.05, 0.1) is 0 Å². The molecule has 0 spiro atoms.